The Bertz CT molecular complexity index is 320. The lowest BCUT2D eigenvalue weighted by molar-refractivity contribution is -0.142. The van der Waals surface area contributed by atoms with E-state index in [1.807, 2.05) is 19.1 Å². The fraction of sp³-hybridized carbons (Fsp3) is 0.625. The Hall–Kier alpha value is -1.42. The number of hydrogen-bond acceptors (Lipinski definition) is 4. The number of carbonyl (C=O) groups is 2. The zero-order chi connectivity index (χ0) is 15.2. The summed E-state index contributed by atoms with van der Waals surface area (Å²) in [6, 6.07) is 0. The van der Waals surface area contributed by atoms with Crippen molar-refractivity contribution in [3.63, 3.8) is 0 Å². The number of aliphatic hydroxyl groups is 1. The fourth-order valence-electron chi connectivity index (χ4n) is 1.80. The summed E-state index contributed by atoms with van der Waals surface area (Å²) >= 11 is 0. The van der Waals surface area contributed by atoms with Gasteiger partial charge in [-0.1, -0.05) is 24.8 Å². The molecule has 0 aliphatic heterocycles. The van der Waals surface area contributed by atoms with E-state index in [1.165, 1.54) is 0 Å². The Morgan fingerprint density at radius 3 is 2.75 bits per heavy atom. The SMILES string of the molecule is C=CCOC(=O)CCC/C=C\C.O=C1CCC(CO)C1. The van der Waals surface area contributed by atoms with Gasteiger partial charge in [0.25, 0.3) is 0 Å². The molecular weight excluding hydrogens is 256 g/mol. The van der Waals surface area contributed by atoms with Crippen LogP contribution in [0.15, 0.2) is 24.8 Å². The maximum atomic E-state index is 10.9. The zero-order valence-electron chi connectivity index (χ0n) is 12.3. The van der Waals surface area contributed by atoms with Gasteiger partial charge in [-0.05, 0) is 32.1 Å². The maximum Gasteiger partial charge on any atom is 0.306 e. The summed E-state index contributed by atoms with van der Waals surface area (Å²) in [6.45, 7) is 5.93. The van der Waals surface area contributed by atoms with Crippen LogP contribution in [0.3, 0.4) is 0 Å². The number of hydrogen-bond donors (Lipinski definition) is 1. The monoisotopic (exact) mass is 282 g/mol. The second-order valence-electron chi connectivity index (χ2n) is 4.76. The molecule has 0 aromatic rings. The Balaban J connectivity index is 0.000000388. The first-order valence-electron chi connectivity index (χ1n) is 7.14. The minimum Gasteiger partial charge on any atom is -0.461 e. The number of ketones is 1. The molecule has 0 saturated heterocycles. The van der Waals surface area contributed by atoms with E-state index in [4.69, 9.17) is 9.84 Å². The summed E-state index contributed by atoms with van der Waals surface area (Å²) in [5, 5.41) is 8.53. The standard InChI is InChI=1S/C10H16O2.C6H10O2/c1-3-5-6-7-8-10(11)12-9-4-2;7-4-5-1-2-6(8)3-5/h3-5H,2,6-9H2,1H3;5,7H,1-4H2/b5-3-;. The highest BCUT2D eigenvalue weighted by molar-refractivity contribution is 5.80. The highest BCUT2D eigenvalue weighted by Gasteiger charge is 2.20. The molecule has 0 amide bonds. The molecule has 4 nitrogen and oxygen atoms in total. The summed E-state index contributed by atoms with van der Waals surface area (Å²) in [5.41, 5.74) is 0. The molecule has 1 saturated carbocycles. The third kappa shape index (κ3) is 10.5. The predicted octanol–water partition coefficient (Wildman–Crippen LogP) is 2.81. The quantitative estimate of drug-likeness (QED) is 0.443. The molecule has 1 N–H and O–H groups in total. The van der Waals surface area contributed by atoms with E-state index in [0.29, 0.717) is 31.7 Å². The van der Waals surface area contributed by atoms with Crippen LogP contribution in [-0.2, 0) is 14.3 Å². The van der Waals surface area contributed by atoms with Crippen molar-refractivity contribution >= 4 is 11.8 Å². The Labute approximate surface area is 121 Å². The summed E-state index contributed by atoms with van der Waals surface area (Å²) in [4.78, 5) is 21.4. The van der Waals surface area contributed by atoms with Gasteiger partial charge in [0.05, 0.1) is 0 Å². The van der Waals surface area contributed by atoms with E-state index in [9.17, 15) is 9.59 Å². The Morgan fingerprint density at radius 2 is 2.30 bits per heavy atom. The molecule has 0 heterocycles. The van der Waals surface area contributed by atoms with Crippen molar-refractivity contribution in [3.8, 4) is 0 Å². The van der Waals surface area contributed by atoms with Crippen molar-refractivity contribution in [2.75, 3.05) is 13.2 Å². The van der Waals surface area contributed by atoms with Crippen molar-refractivity contribution < 1.29 is 19.4 Å². The average molecular weight is 282 g/mol. The van der Waals surface area contributed by atoms with Gasteiger partial charge in [-0.15, -0.1) is 0 Å². The lowest BCUT2D eigenvalue weighted by Gasteiger charge is -1.99. The van der Waals surface area contributed by atoms with E-state index in [2.05, 4.69) is 6.58 Å². The molecule has 4 heteroatoms. The number of ether oxygens (including phenoxy) is 1. The second kappa shape index (κ2) is 12.6. The van der Waals surface area contributed by atoms with E-state index < -0.39 is 0 Å². The highest BCUT2D eigenvalue weighted by atomic mass is 16.5. The molecule has 0 aromatic carbocycles. The molecular formula is C16H26O4. The number of carbonyl (C=O) groups excluding carboxylic acids is 2. The molecule has 0 spiro atoms. The topological polar surface area (TPSA) is 63.6 Å². The van der Waals surface area contributed by atoms with E-state index in [0.717, 1.165) is 19.3 Å². The van der Waals surface area contributed by atoms with Crippen LogP contribution in [-0.4, -0.2) is 30.1 Å². The number of Topliss-reactive ketones (excluding diaryl/α,β-unsaturated/α-hetero) is 1. The molecule has 0 bridgehead atoms. The molecule has 1 rings (SSSR count). The van der Waals surface area contributed by atoms with E-state index in [-0.39, 0.29) is 18.5 Å². The van der Waals surface area contributed by atoms with Crippen LogP contribution >= 0.6 is 0 Å². The van der Waals surface area contributed by atoms with Crippen LogP contribution < -0.4 is 0 Å². The number of rotatable bonds is 7. The van der Waals surface area contributed by atoms with Crippen LogP contribution in [0.25, 0.3) is 0 Å². The van der Waals surface area contributed by atoms with Crippen molar-refractivity contribution in [1.82, 2.24) is 0 Å². The summed E-state index contributed by atoms with van der Waals surface area (Å²) in [7, 11) is 0. The Kier molecular flexibility index (Phi) is 11.7. The maximum absolute atomic E-state index is 10.9. The van der Waals surface area contributed by atoms with Gasteiger partial charge in [0, 0.05) is 25.9 Å². The Morgan fingerprint density at radius 1 is 1.55 bits per heavy atom. The first-order chi connectivity index (χ1) is 9.63. The minimum absolute atomic E-state index is 0.139. The van der Waals surface area contributed by atoms with Gasteiger partial charge in [0.1, 0.15) is 12.4 Å². The summed E-state index contributed by atoms with van der Waals surface area (Å²) < 4.78 is 4.79. The van der Waals surface area contributed by atoms with Crippen LogP contribution in [0.5, 0.6) is 0 Å². The van der Waals surface area contributed by atoms with Gasteiger partial charge in [-0.2, -0.15) is 0 Å². The fourth-order valence-corrected chi connectivity index (χ4v) is 1.80. The zero-order valence-corrected chi connectivity index (χ0v) is 12.3. The van der Waals surface area contributed by atoms with Gasteiger partial charge in [0.2, 0.25) is 0 Å². The number of allylic oxidation sites excluding steroid dienone is 2. The average Bonchev–Trinajstić information content (AvgIpc) is 2.88. The third-order valence-electron chi connectivity index (χ3n) is 2.96. The minimum atomic E-state index is -0.139. The lowest BCUT2D eigenvalue weighted by Crippen LogP contribution is -2.03. The molecule has 114 valence electrons. The second-order valence-corrected chi connectivity index (χ2v) is 4.76. The molecule has 0 radical (unpaired) electrons. The number of aliphatic hydroxyl groups excluding tert-OH is 1. The van der Waals surface area contributed by atoms with Crippen molar-refractivity contribution in [2.45, 2.75) is 45.4 Å². The highest BCUT2D eigenvalue weighted by Crippen LogP contribution is 2.20. The van der Waals surface area contributed by atoms with Gasteiger partial charge in [0.15, 0.2) is 0 Å². The van der Waals surface area contributed by atoms with Crippen LogP contribution in [0.1, 0.15) is 45.4 Å². The number of unbranched alkanes of at least 4 members (excludes halogenated alkanes) is 1. The molecule has 1 fully saturated rings. The van der Waals surface area contributed by atoms with Crippen LogP contribution in [0.4, 0.5) is 0 Å². The predicted molar refractivity (Wildman–Crippen MR) is 79.3 cm³/mol. The summed E-state index contributed by atoms with van der Waals surface area (Å²) in [5.74, 6) is 0.450. The van der Waals surface area contributed by atoms with Crippen molar-refractivity contribution in [3.05, 3.63) is 24.8 Å². The normalized spacial score (nSPS) is 17.7. The van der Waals surface area contributed by atoms with Crippen molar-refractivity contribution in [1.29, 1.82) is 0 Å². The molecule has 1 atom stereocenters. The lowest BCUT2D eigenvalue weighted by atomic mass is 10.1. The van der Waals surface area contributed by atoms with Crippen LogP contribution in [0.2, 0.25) is 0 Å². The van der Waals surface area contributed by atoms with E-state index in [1.54, 1.807) is 6.08 Å². The number of esters is 1. The molecule has 1 aliphatic rings. The molecule has 0 aromatic heterocycles. The first kappa shape index (κ1) is 18.6. The molecule has 20 heavy (non-hydrogen) atoms. The van der Waals surface area contributed by atoms with Gasteiger partial charge < -0.3 is 9.84 Å². The molecule has 1 unspecified atom stereocenters. The largest absolute Gasteiger partial charge is 0.461 e. The first-order valence-corrected chi connectivity index (χ1v) is 7.14. The third-order valence-corrected chi connectivity index (χ3v) is 2.96. The smallest absolute Gasteiger partial charge is 0.306 e. The van der Waals surface area contributed by atoms with Gasteiger partial charge in [-0.25, -0.2) is 0 Å². The van der Waals surface area contributed by atoms with Gasteiger partial charge >= 0.3 is 5.97 Å². The van der Waals surface area contributed by atoms with Crippen molar-refractivity contribution in [2.24, 2.45) is 5.92 Å². The van der Waals surface area contributed by atoms with Crippen LogP contribution in [0, 0.1) is 5.92 Å². The van der Waals surface area contributed by atoms with Gasteiger partial charge in [-0.3, -0.25) is 9.59 Å². The summed E-state index contributed by atoms with van der Waals surface area (Å²) in [6.07, 6.45) is 10.1. The van der Waals surface area contributed by atoms with E-state index >= 15 is 0 Å². The molecule has 1 aliphatic carbocycles.